The van der Waals surface area contributed by atoms with Gasteiger partial charge in [0.2, 0.25) is 0 Å². The summed E-state index contributed by atoms with van der Waals surface area (Å²) in [4.78, 5) is 10.8. The highest BCUT2D eigenvalue weighted by molar-refractivity contribution is 5.90. The van der Waals surface area contributed by atoms with E-state index in [1.54, 1.807) is 6.07 Å². The van der Waals surface area contributed by atoms with Gasteiger partial charge in [0, 0.05) is 18.4 Å². The van der Waals surface area contributed by atoms with Crippen molar-refractivity contribution in [2.75, 3.05) is 0 Å². The second-order valence-corrected chi connectivity index (χ2v) is 3.26. The Morgan fingerprint density at radius 3 is 2.73 bits per heavy atom. The van der Waals surface area contributed by atoms with Crippen LogP contribution >= 0.6 is 0 Å². The lowest BCUT2D eigenvalue weighted by Crippen LogP contribution is -2.00. The molecule has 15 heavy (non-hydrogen) atoms. The molecule has 2 aromatic carbocycles. The molecule has 3 nitrogen and oxygen atoms in total. The fourth-order valence-corrected chi connectivity index (χ4v) is 1.49. The quantitative estimate of drug-likeness (QED) is 0.570. The number of carbonyl (C=O) groups is 1. The second kappa shape index (κ2) is 3.61. The maximum atomic E-state index is 10.8. The number of hydrogen-bond donors (Lipinski definition) is 1. The third-order valence-corrected chi connectivity index (χ3v) is 2.08. The van der Waals surface area contributed by atoms with Crippen molar-refractivity contribution >= 4 is 16.7 Å². The van der Waals surface area contributed by atoms with Crippen LogP contribution in [-0.2, 0) is 4.79 Å². The molecule has 2 rings (SSSR count). The Hall–Kier alpha value is -2.03. The van der Waals surface area contributed by atoms with E-state index >= 15 is 0 Å². The summed E-state index contributed by atoms with van der Waals surface area (Å²) >= 11 is 0. The normalized spacial score (nSPS) is 10.2. The molecule has 3 heteroatoms. The molecule has 0 bridgehead atoms. The number of aromatic hydroxyl groups is 1. The third kappa shape index (κ3) is 1.91. The fraction of sp³-hybridized carbons (Fsp3) is 0.0833. The molecular formula is C12H10O3. The van der Waals surface area contributed by atoms with Gasteiger partial charge in [-0.05, 0) is 11.5 Å². The smallest absolute Gasteiger partial charge is 0.308 e. The van der Waals surface area contributed by atoms with Gasteiger partial charge in [0.15, 0.2) is 0 Å². The molecule has 0 atom stereocenters. The highest BCUT2D eigenvalue weighted by Gasteiger charge is 2.04. The number of esters is 1. The van der Waals surface area contributed by atoms with E-state index < -0.39 is 5.97 Å². The summed E-state index contributed by atoms with van der Waals surface area (Å²) in [5.74, 6) is 0.0766. The minimum absolute atomic E-state index is 0.115. The van der Waals surface area contributed by atoms with Crippen LogP contribution in [0.2, 0.25) is 0 Å². The van der Waals surface area contributed by atoms with Crippen LogP contribution in [0.5, 0.6) is 11.5 Å². The van der Waals surface area contributed by atoms with Gasteiger partial charge >= 0.3 is 5.97 Å². The first-order chi connectivity index (χ1) is 7.16. The molecule has 0 unspecified atom stereocenters. The summed E-state index contributed by atoms with van der Waals surface area (Å²) in [7, 11) is 0. The summed E-state index contributed by atoms with van der Waals surface area (Å²) in [6.45, 7) is 1.33. The van der Waals surface area contributed by atoms with E-state index in [1.807, 2.05) is 24.3 Å². The summed E-state index contributed by atoms with van der Waals surface area (Å²) < 4.78 is 4.90. The van der Waals surface area contributed by atoms with Crippen molar-refractivity contribution in [2.45, 2.75) is 6.92 Å². The van der Waals surface area contributed by atoms with Gasteiger partial charge in [-0.15, -0.1) is 0 Å². The van der Waals surface area contributed by atoms with E-state index in [4.69, 9.17) is 4.74 Å². The lowest BCUT2D eigenvalue weighted by molar-refractivity contribution is -0.131. The van der Waals surface area contributed by atoms with E-state index in [2.05, 4.69) is 0 Å². The number of fused-ring (bicyclic) bond motifs is 1. The topological polar surface area (TPSA) is 46.5 Å². The van der Waals surface area contributed by atoms with Gasteiger partial charge in [0.05, 0.1) is 0 Å². The molecule has 0 radical (unpaired) electrons. The van der Waals surface area contributed by atoms with Gasteiger partial charge in [-0.1, -0.05) is 24.3 Å². The Morgan fingerprint density at radius 1 is 1.27 bits per heavy atom. The van der Waals surface area contributed by atoms with Crippen LogP contribution < -0.4 is 4.74 Å². The highest BCUT2D eigenvalue weighted by atomic mass is 16.5. The van der Waals surface area contributed by atoms with Crippen molar-refractivity contribution in [2.24, 2.45) is 0 Å². The number of rotatable bonds is 1. The first-order valence-corrected chi connectivity index (χ1v) is 4.57. The summed E-state index contributed by atoms with van der Waals surface area (Å²) in [5.41, 5.74) is 0. The van der Waals surface area contributed by atoms with Crippen molar-refractivity contribution in [3.05, 3.63) is 36.4 Å². The van der Waals surface area contributed by atoms with Crippen LogP contribution in [0.25, 0.3) is 10.8 Å². The van der Waals surface area contributed by atoms with Crippen LogP contribution in [0.3, 0.4) is 0 Å². The molecule has 0 aromatic heterocycles. The number of ether oxygens (including phenoxy) is 1. The van der Waals surface area contributed by atoms with Gasteiger partial charge < -0.3 is 9.84 Å². The predicted octanol–water partition coefficient (Wildman–Crippen LogP) is 2.47. The Labute approximate surface area is 86.9 Å². The van der Waals surface area contributed by atoms with Gasteiger partial charge in [-0.25, -0.2) is 0 Å². The van der Waals surface area contributed by atoms with E-state index in [-0.39, 0.29) is 5.75 Å². The molecule has 0 saturated carbocycles. The number of phenols is 1. The predicted molar refractivity (Wildman–Crippen MR) is 56.9 cm³/mol. The average Bonchev–Trinajstić information content (AvgIpc) is 2.16. The Kier molecular flexibility index (Phi) is 2.29. The first kappa shape index (κ1) is 9.52. The highest BCUT2D eigenvalue weighted by Crippen LogP contribution is 2.29. The van der Waals surface area contributed by atoms with Crippen LogP contribution in [0.1, 0.15) is 6.92 Å². The zero-order valence-electron chi connectivity index (χ0n) is 8.23. The van der Waals surface area contributed by atoms with Crippen molar-refractivity contribution in [3.8, 4) is 11.5 Å². The van der Waals surface area contributed by atoms with E-state index in [0.29, 0.717) is 5.75 Å². The molecule has 0 spiro atoms. The molecule has 0 saturated heterocycles. The lowest BCUT2D eigenvalue weighted by atomic mass is 10.1. The van der Waals surface area contributed by atoms with Gasteiger partial charge in [0.1, 0.15) is 11.5 Å². The van der Waals surface area contributed by atoms with Gasteiger partial charge in [-0.2, -0.15) is 0 Å². The van der Waals surface area contributed by atoms with Crippen molar-refractivity contribution in [1.29, 1.82) is 0 Å². The minimum atomic E-state index is -0.398. The zero-order chi connectivity index (χ0) is 10.8. The SMILES string of the molecule is CC(=O)Oc1cc(O)c2ccccc2c1. The Balaban J connectivity index is 2.57. The zero-order valence-corrected chi connectivity index (χ0v) is 8.23. The summed E-state index contributed by atoms with van der Waals surface area (Å²) in [6, 6.07) is 10.5. The molecule has 0 amide bonds. The maximum Gasteiger partial charge on any atom is 0.308 e. The van der Waals surface area contributed by atoms with Crippen LogP contribution in [-0.4, -0.2) is 11.1 Å². The van der Waals surface area contributed by atoms with Crippen LogP contribution in [0.15, 0.2) is 36.4 Å². The first-order valence-electron chi connectivity index (χ1n) is 4.57. The van der Waals surface area contributed by atoms with Crippen LogP contribution in [0.4, 0.5) is 0 Å². The Morgan fingerprint density at radius 2 is 2.00 bits per heavy atom. The minimum Gasteiger partial charge on any atom is -0.507 e. The standard InChI is InChI=1S/C12H10O3/c1-8(13)15-10-6-9-4-2-3-5-11(9)12(14)7-10/h2-7,14H,1H3. The largest absolute Gasteiger partial charge is 0.507 e. The number of benzene rings is 2. The molecular weight excluding hydrogens is 192 g/mol. The molecule has 0 aliphatic carbocycles. The number of carbonyl (C=O) groups excluding carboxylic acids is 1. The van der Waals surface area contributed by atoms with Crippen molar-refractivity contribution < 1.29 is 14.6 Å². The van der Waals surface area contributed by atoms with E-state index in [1.165, 1.54) is 13.0 Å². The van der Waals surface area contributed by atoms with Crippen molar-refractivity contribution in [1.82, 2.24) is 0 Å². The molecule has 0 fully saturated rings. The fourth-order valence-electron chi connectivity index (χ4n) is 1.49. The molecule has 0 heterocycles. The summed E-state index contributed by atoms with van der Waals surface area (Å²) in [6.07, 6.45) is 0. The molecule has 0 aliphatic rings. The van der Waals surface area contributed by atoms with Crippen molar-refractivity contribution in [3.63, 3.8) is 0 Å². The van der Waals surface area contributed by atoms with E-state index in [9.17, 15) is 9.90 Å². The molecule has 1 N–H and O–H groups in total. The molecule has 0 aliphatic heterocycles. The molecule has 76 valence electrons. The van der Waals surface area contributed by atoms with Gasteiger partial charge in [-0.3, -0.25) is 4.79 Å². The average molecular weight is 202 g/mol. The van der Waals surface area contributed by atoms with E-state index in [0.717, 1.165) is 10.8 Å². The maximum absolute atomic E-state index is 10.8. The third-order valence-electron chi connectivity index (χ3n) is 2.08. The lowest BCUT2D eigenvalue weighted by Gasteiger charge is -2.05. The molecule has 2 aromatic rings. The number of hydrogen-bond acceptors (Lipinski definition) is 3. The second-order valence-electron chi connectivity index (χ2n) is 3.26. The monoisotopic (exact) mass is 202 g/mol. The number of phenolic OH excluding ortho intramolecular Hbond substituents is 1. The summed E-state index contributed by atoms with van der Waals surface area (Å²) in [5, 5.41) is 11.3. The van der Waals surface area contributed by atoms with Crippen LogP contribution in [0, 0.1) is 0 Å². The van der Waals surface area contributed by atoms with Gasteiger partial charge in [0.25, 0.3) is 0 Å². The Bertz CT molecular complexity index is 517.